The molecule has 0 saturated carbocycles. The van der Waals surface area contributed by atoms with Gasteiger partial charge in [0.25, 0.3) is 11.5 Å². The summed E-state index contributed by atoms with van der Waals surface area (Å²) < 4.78 is 0. The highest BCUT2D eigenvalue weighted by molar-refractivity contribution is 7.12. The number of carbonyl (C=O) groups excluding carboxylic acids is 1. The van der Waals surface area contributed by atoms with Crippen LogP contribution < -0.4 is 5.56 Å². The van der Waals surface area contributed by atoms with Crippen molar-refractivity contribution in [1.82, 2.24) is 14.9 Å². The Hall–Kier alpha value is -2.73. The van der Waals surface area contributed by atoms with Gasteiger partial charge >= 0.3 is 0 Å². The first-order valence-electron chi connectivity index (χ1n) is 8.59. The first-order chi connectivity index (χ1) is 12.6. The van der Waals surface area contributed by atoms with E-state index in [0.717, 1.165) is 11.3 Å². The third kappa shape index (κ3) is 3.32. The lowest BCUT2D eigenvalue weighted by molar-refractivity contribution is 0.0737. The predicted octanol–water partition coefficient (Wildman–Crippen LogP) is 2.93. The molecule has 1 N–H and O–H groups in total. The second kappa shape index (κ2) is 6.88. The number of carbonyl (C=O) groups is 1. The Morgan fingerprint density at radius 1 is 1.27 bits per heavy atom. The number of benzene rings is 1. The zero-order valence-electron chi connectivity index (χ0n) is 14.5. The van der Waals surface area contributed by atoms with Crippen LogP contribution in [0, 0.1) is 6.92 Å². The maximum Gasteiger partial charge on any atom is 0.264 e. The lowest BCUT2D eigenvalue weighted by Gasteiger charge is -2.27. The molecular formula is C20H19N3O2S. The number of thiophene rings is 1. The molecule has 0 unspecified atom stereocenters. The average Bonchev–Trinajstić information content (AvgIpc) is 3.17. The number of nitrogens with zero attached hydrogens (tertiary/aromatic N) is 2. The van der Waals surface area contributed by atoms with Crippen molar-refractivity contribution in [2.75, 3.05) is 6.54 Å². The topological polar surface area (TPSA) is 66.1 Å². The van der Waals surface area contributed by atoms with Gasteiger partial charge in [0, 0.05) is 19.4 Å². The van der Waals surface area contributed by atoms with Crippen LogP contribution in [0.3, 0.4) is 0 Å². The third-order valence-electron chi connectivity index (χ3n) is 4.63. The molecule has 1 aliphatic rings. The number of rotatable bonds is 3. The summed E-state index contributed by atoms with van der Waals surface area (Å²) in [6, 6.07) is 11.9. The summed E-state index contributed by atoms with van der Waals surface area (Å²) in [4.78, 5) is 35.1. The molecule has 0 saturated heterocycles. The van der Waals surface area contributed by atoms with Crippen molar-refractivity contribution in [3.8, 4) is 0 Å². The van der Waals surface area contributed by atoms with Crippen LogP contribution in [0.5, 0.6) is 0 Å². The van der Waals surface area contributed by atoms with Gasteiger partial charge < -0.3 is 9.88 Å². The van der Waals surface area contributed by atoms with Crippen LogP contribution in [0.1, 0.15) is 37.9 Å². The summed E-state index contributed by atoms with van der Waals surface area (Å²) in [6.07, 6.45) is 1.21. The van der Waals surface area contributed by atoms with E-state index >= 15 is 0 Å². The van der Waals surface area contributed by atoms with Crippen molar-refractivity contribution >= 4 is 17.2 Å². The molecule has 6 heteroatoms. The fraction of sp³-hybridized carbons (Fsp3) is 0.250. The van der Waals surface area contributed by atoms with Crippen LogP contribution in [-0.2, 0) is 19.4 Å². The van der Waals surface area contributed by atoms with Crippen molar-refractivity contribution in [1.29, 1.82) is 0 Å². The minimum atomic E-state index is -0.138. The SMILES string of the molecule is Cc1ccc(Cc2nc3c(c(=O)[nH]2)CN(C(=O)c2cccs2)CC3)cc1. The van der Waals surface area contributed by atoms with Crippen LogP contribution in [0.25, 0.3) is 0 Å². The van der Waals surface area contributed by atoms with Gasteiger partial charge in [-0.1, -0.05) is 35.9 Å². The molecule has 0 fully saturated rings. The van der Waals surface area contributed by atoms with Gasteiger partial charge in [0.05, 0.1) is 22.7 Å². The summed E-state index contributed by atoms with van der Waals surface area (Å²) in [7, 11) is 0. The highest BCUT2D eigenvalue weighted by atomic mass is 32.1. The molecule has 5 nitrogen and oxygen atoms in total. The molecule has 0 radical (unpaired) electrons. The fourth-order valence-electron chi connectivity index (χ4n) is 3.19. The monoisotopic (exact) mass is 365 g/mol. The quantitative estimate of drug-likeness (QED) is 0.776. The van der Waals surface area contributed by atoms with Crippen LogP contribution in [0.15, 0.2) is 46.6 Å². The van der Waals surface area contributed by atoms with Crippen LogP contribution in [0.4, 0.5) is 0 Å². The molecule has 0 spiro atoms. The second-order valence-corrected chi connectivity index (χ2v) is 7.50. The molecule has 0 bridgehead atoms. The molecule has 3 aromatic rings. The molecule has 2 aromatic heterocycles. The summed E-state index contributed by atoms with van der Waals surface area (Å²) in [5.41, 5.74) is 3.60. The molecule has 0 atom stereocenters. The maximum atomic E-state index is 12.6. The van der Waals surface area contributed by atoms with E-state index in [4.69, 9.17) is 0 Å². The van der Waals surface area contributed by atoms with Crippen molar-refractivity contribution in [3.05, 3.63) is 85.2 Å². The molecule has 132 valence electrons. The Morgan fingerprint density at radius 3 is 2.81 bits per heavy atom. The molecule has 26 heavy (non-hydrogen) atoms. The number of H-pyrrole nitrogens is 1. The normalized spacial score (nSPS) is 13.5. The Balaban J connectivity index is 1.56. The van der Waals surface area contributed by atoms with Crippen LogP contribution in [0.2, 0.25) is 0 Å². The van der Waals surface area contributed by atoms with Crippen molar-refractivity contribution in [2.45, 2.75) is 26.3 Å². The number of hydrogen-bond acceptors (Lipinski definition) is 4. The standard InChI is InChI=1S/C20H19N3O2S/c1-13-4-6-14(7-5-13)11-18-21-16-8-9-23(12-15(16)19(24)22-18)20(25)17-3-2-10-26-17/h2-7,10H,8-9,11-12H2,1H3,(H,21,22,24). The van der Waals surface area contributed by atoms with Gasteiger partial charge in [-0.15, -0.1) is 11.3 Å². The van der Waals surface area contributed by atoms with Crippen molar-refractivity contribution < 1.29 is 4.79 Å². The third-order valence-corrected chi connectivity index (χ3v) is 5.49. The number of amides is 1. The van der Waals surface area contributed by atoms with E-state index in [1.54, 1.807) is 4.90 Å². The van der Waals surface area contributed by atoms with Gasteiger partial charge in [0.15, 0.2) is 0 Å². The Labute approximate surface area is 155 Å². The molecule has 1 amide bonds. The molecular weight excluding hydrogens is 346 g/mol. The first-order valence-corrected chi connectivity index (χ1v) is 9.47. The Morgan fingerprint density at radius 2 is 2.08 bits per heavy atom. The second-order valence-electron chi connectivity index (χ2n) is 6.55. The van der Waals surface area contributed by atoms with E-state index in [2.05, 4.69) is 34.2 Å². The number of hydrogen-bond donors (Lipinski definition) is 1. The van der Waals surface area contributed by atoms with Gasteiger partial charge in [0.2, 0.25) is 0 Å². The number of aromatic amines is 1. The lowest BCUT2D eigenvalue weighted by Crippen LogP contribution is -2.39. The number of aromatic nitrogens is 2. The molecule has 1 aliphatic heterocycles. The molecule has 4 rings (SSSR count). The lowest BCUT2D eigenvalue weighted by atomic mass is 10.1. The van der Waals surface area contributed by atoms with Crippen LogP contribution in [-0.4, -0.2) is 27.3 Å². The van der Waals surface area contributed by atoms with E-state index in [9.17, 15) is 9.59 Å². The fourth-order valence-corrected chi connectivity index (χ4v) is 3.88. The van der Waals surface area contributed by atoms with E-state index in [0.29, 0.717) is 42.2 Å². The first kappa shape index (κ1) is 16.7. The minimum Gasteiger partial charge on any atom is -0.333 e. The van der Waals surface area contributed by atoms with Gasteiger partial charge in [-0.2, -0.15) is 0 Å². The van der Waals surface area contributed by atoms with E-state index in [1.807, 2.05) is 24.4 Å². The zero-order valence-corrected chi connectivity index (χ0v) is 15.3. The number of nitrogens with one attached hydrogen (secondary N) is 1. The maximum absolute atomic E-state index is 12.6. The van der Waals surface area contributed by atoms with E-state index < -0.39 is 0 Å². The smallest absolute Gasteiger partial charge is 0.264 e. The highest BCUT2D eigenvalue weighted by Crippen LogP contribution is 2.19. The van der Waals surface area contributed by atoms with Gasteiger partial charge in [0.1, 0.15) is 5.82 Å². The largest absolute Gasteiger partial charge is 0.333 e. The van der Waals surface area contributed by atoms with E-state index in [-0.39, 0.29) is 11.5 Å². The zero-order chi connectivity index (χ0) is 18.1. The number of aryl methyl sites for hydroxylation is 1. The summed E-state index contributed by atoms with van der Waals surface area (Å²) in [6.45, 7) is 2.95. The molecule has 3 heterocycles. The highest BCUT2D eigenvalue weighted by Gasteiger charge is 2.25. The van der Waals surface area contributed by atoms with Gasteiger partial charge in [-0.25, -0.2) is 4.98 Å². The van der Waals surface area contributed by atoms with Gasteiger partial charge in [-0.05, 0) is 23.9 Å². The average molecular weight is 365 g/mol. The van der Waals surface area contributed by atoms with Crippen LogP contribution >= 0.6 is 11.3 Å². The summed E-state index contributed by atoms with van der Waals surface area (Å²) in [5, 5.41) is 1.89. The van der Waals surface area contributed by atoms with Crippen molar-refractivity contribution in [2.24, 2.45) is 0 Å². The predicted molar refractivity (Wildman–Crippen MR) is 102 cm³/mol. The van der Waals surface area contributed by atoms with Gasteiger partial charge in [-0.3, -0.25) is 9.59 Å². The van der Waals surface area contributed by atoms with Crippen molar-refractivity contribution in [3.63, 3.8) is 0 Å². The Kier molecular flexibility index (Phi) is 4.42. The van der Waals surface area contributed by atoms with E-state index in [1.165, 1.54) is 16.9 Å². The molecule has 1 aromatic carbocycles. The summed E-state index contributed by atoms with van der Waals surface area (Å²) in [5.74, 6) is 0.657. The molecule has 0 aliphatic carbocycles. The Bertz CT molecular complexity index is 991. The minimum absolute atomic E-state index is 0.0196. The number of fused-ring (bicyclic) bond motifs is 1. The summed E-state index contributed by atoms with van der Waals surface area (Å²) >= 11 is 1.42.